The van der Waals surface area contributed by atoms with Gasteiger partial charge in [-0.1, -0.05) is 0 Å². The van der Waals surface area contributed by atoms with E-state index in [0.717, 1.165) is 0 Å². The van der Waals surface area contributed by atoms with Crippen molar-refractivity contribution < 1.29 is 19.1 Å². The number of piperidine rings is 1. The number of amides is 2. The standard InChI is InChI=1S/C17H29ClN2O4/c1-5-19-12-17(23-13(6-9-18)14(19)21)7-10-20(11-8-17)15(22)24-16(2,3)4/h13H,5-12H2,1-4H3. The first-order chi connectivity index (χ1) is 11.2. The van der Waals surface area contributed by atoms with Gasteiger partial charge in [-0.25, -0.2) is 4.79 Å². The summed E-state index contributed by atoms with van der Waals surface area (Å²) in [5.74, 6) is 0.423. The van der Waals surface area contributed by atoms with Crippen LogP contribution in [0.1, 0.15) is 47.0 Å². The maximum atomic E-state index is 12.4. The molecule has 1 unspecified atom stereocenters. The Labute approximate surface area is 149 Å². The quantitative estimate of drug-likeness (QED) is 0.726. The summed E-state index contributed by atoms with van der Waals surface area (Å²) < 4.78 is 11.6. The van der Waals surface area contributed by atoms with E-state index in [1.807, 2.05) is 32.6 Å². The summed E-state index contributed by atoms with van der Waals surface area (Å²) in [5.41, 5.74) is -0.871. The third-order valence-corrected chi connectivity index (χ3v) is 4.76. The number of morpholine rings is 1. The zero-order valence-corrected chi connectivity index (χ0v) is 15.9. The summed E-state index contributed by atoms with van der Waals surface area (Å²) >= 11 is 5.82. The van der Waals surface area contributed by atoms with Crippen LogP contribution in [-0.4, -0.2) is 71.2 Å². The van der Waals surface area contributed by atoms with Crippen LogP contribution in [0.25, 0.3) is 0 Å². The van der Waals surface area contributed by atoms with E-state index in [9.17, 15) is 9.59 Å². The van der Waals surface area contributed by atoms with Gasteiger partial charge in [0.15, 0.2) is 0 Å². The molecule has 0 aromatic carbocycles. The Kier molecular flexibility index (Phi) is 6.02. The number of likely N-dealkylation sites (tertiary alicyclic amines) is 1. The van der Waals surface area contributed by atoms with Crippen molar-refractivity contribution in [3.8, 4) is 0 Å². The molecule has 2 saturated heterocycles. The highest BCUT2D eigenvalue weighted by molar-refractivity contribution is 6.18. The molecular formula is C17H29ClN2O4. The van der Waals surface area contributed by atoms with Crippen molar-refractivity contribution in [1.29, 1.82) is 0 Å². The van der Waals surface area contributed by atoms with Crippen LogP contribution >= 0.6 is 11.6 Å². The molecule has 2 aliphatic rings. The number of halogens is 1. The molecule has 0 aromatic rings. The summed E-state index contributed by atoms with van der Waals surface area (Å²) in [6, 6.07) is 0. The molecule has 2 heterocycles. The second-order valence-electron chi connectivity index (χ2n) is 7.59. The molecule has 7 heteroatoms. The lowest BCUT2D eigenvalue weighted by Crippen LogP contribution is -2.62. The number of nitrogens with zero attached hydrogens (tertiary/aromatic N) is 2. The van der Waals surface area contributed by atoms with E-state index in [4.69, 9.17) is 21.1 Å². The zero-order chi connectivity index (χ0) is 18.0. The van der Waals surface area contributed by atoms with E-state index in [-0.39, 0.29) is 17.6 Å². The van der Waals surface area contributed by atoms with Gasteiger partial charge in [0.05, 0.1) is 5.60 Å². The number of hydrogen-bond donors (Lipinski definition) is 0. The maximum absolute atomic E-state index is 12.4. The molecule has 0 N–H and O–H groups in total. The molecule has 0 bridgehead atoms. The summed E-state index contributed by atoms with van der Waals surface area (Å²) in [4.78, 5) is 28.1. The first-order valence-corrected chi connectivity index (χ1v) is 9.23. The number of alkyl halides is 1. The van der Waals surface area contributed by atoms with Gasteiger partial charge in [-0.2, -0.15) is 0 Å². The Bertz CT molecular complexity index is 470. The molecule has 2 rings (SSSR count). The van der Waals surface area contributed by atoms with Crippen LogP contribution in [0.2, 0.25) is 0 Å². The molecule has 1 atom stereocenters. The van der Waals surface area contributed by atoms with E-state index in [1.54, 1.807) is 4.90 Å². The van der Waals surface area contributed by atoms with Crippen molar-refractivity contribution >= 4 is 23.6 Å². The number of ether oxygens (including phenoxy) is 2. The number of carbonyl (C=O) groups excluding carboxylic acids is 2. The van der Waals surface area contributed by atoms with E-state index in [0.29, 0.717) is 51.3 Å². The van der Waals surface area contributed by atoms with Crippen LogP contribution in [-0.2, 0) is 14.3 Å². The fourth-order valence-corrected chi connectivity index (χ4v) is 3.47. The minimum absolute atomic E-state index is 0.0262. The van der Waals surface area contributed by atoms with Crippen molar-refractivity contribution in [2.75, 3.05) is 32.1 Å². The summed E-state index contributed by atoms with van der Waals surface area (Å²) in [7, 11) is 0. The molecule has 2 amide bonds. The molecule has 1 spiro atoms. The molecular weight excluding hydrogens is 332 g/mol. The van der Waals surface area contributed by atoms with Crippen molar-refractivity contribution in [3.05, 3.63) is 0 Å². The fraction of sp³-hybridized carbons (Fsp3) is 0.882. The predicted octanol–water partition coefficient (Wildman–Crippen LogP) is 2.63. The Balaban J connectivity index is 2.00. The van der Waals surface area contributed by atoms with Gasteiger partial charge in [-0.05, 0) is 47.0 Å². The normalized spacial score (nSPS) is 24.4. The Morgan fingerprint density at radius 1 is 1.38 bits per heavy atom. The van der Waals surface area contributed by atoms with Crippen LogP contribution in [0, 0.1) is 0 Å². The highest BCUT2D eigenvalue weighted by atomic mass is 35.5. The van der Waals surface area contributed by atoms with Crippen LogP contribution in [0.5, 0.6) is 0 Å². The third kappa shape index (κ3) is 4.54. The molecule has 0 radical (unpaired) electrons. The van der Waals surface area contributed by atoms with Gasteiger partial charge in [0.25, 0.3) is 5.91 Å². The lowest BCUT2D eigenvalue weighted by molar-refractivity contribution is -0.192. The minimum Gasteiger partial charge on any atom is -0.444 e. The van der Waals surface area contributed by atoms with Gasteiger partial charge < -0.3 is 19.3 Å². The van der Waals surface area contributed by atoms with Gasteiger partial charge in [-0.15, -0.1) is 11.6 Å². The van der Waals surface area contributed by atoms with Gasteiger partial charge in [0.1, 0.15) is 11.7 Å². The van der Waals surface area contributed by atoms with E-state index in [1.165, 1.54) is 0 Å². The molecule has 0 aliphatic carbocycles. The van der Waals surface area contributed by atoms with Crippen molar-refractivity contribution in [1.82, 2.24) is 9.80 Å². The largest absolute Gasteiger partial charge is 0.444 e. The van der Waals surface area contributed by atoms with Crippen LogP contribution in [0.4, 0.5) is 4.79 Å². The van der Waals surface area contributed by atoms with E-state index >= 15 is 0 Å². The average Bonchev–Trinajstić information content (AvgIpc) is 2.50. The number of likely N-dealkylation sites (N-methyl/N-ethyl adjacent to an activating group) is 1. The molecule has 138 valence electrons. The monoisotopic (exact) mass is 360 g/mol. The fourth-order valence-electron chi connectivity index (χ4n) is 3.27. The van der Waals surface area contributed by atoms with Crippen molar-refractivity contribution in [3.63, 3.8) is 0 Å². The third-order valence-electron chi connectivity index (χ3n) is 4.54. The summed E-state index contributed by atoms with van der Waals surface area (Å²) in [5, 5.41) is 0. The van der Waals surface area contributed by atoms with Crippen LogP contribution in [0.15, 0.2) is 0 Å². The predicted molar refractivity (Wildman–Crippen MR) is 92.2 cm³/mol. The van der Waals surface area contributed by atoms with Crippen molar-refractivity contribution in [2.45, 2.75) is 64.3 Å². The highest BCUT2D eigenvalue weighted by Crippen LogP contribution is 2.34. The van der Waals surface area contributed by atoms with Crippen molar-refractivity contribution in [2.24, 2.45) is 0 Å². The Hall–Kier alpha value is -1.01. The van der Waals surface area contributed by atoms with Gasteiger partial charge in [-0.3, -0.25) is 4.79 Å². The van der Waals surface area contributed by atoms with E-state index < -0.39 is 11.7 Å². The number of carbonyl (C=O) groups is 2. The molecule has 24 heavy (non-hydrogen) atoms. The highest BCUT2D eigenvalue weighted by Gasteiger charge is 2.46. The maximum Gasteiger partial charge on any atom is 0.410 e. The molecule has 0 aromatic heterocycles. The number of rotatable bonds is 3. The van der Waals surface area contributed by atoms with E-state index in [2.05, 4.69) is 0 Å². The molecule has 2 fully saturated rings. The van der Waals surface area contributed by atoms with Gasteiger partial charge in [0.2, 0.25) is 0 Å². The molecule has 2 aliphatic heterocycles. The van der Waals surface area contributed by atoms with Gasteiger partial charge >= 0.3 is 6.09 Å². The number of hydrogen-bond acceptors (Lipinski definition) is 4. The first-order valence-electron chi connectivity index (χ1n) is 8.70. The van der Waals surface area contributed by atoms with Crippen LogP contribution < -0.4 is 0 Å². The topological polar surface area (TPSA) is 59.1 Å². The average molecular weight is 361 g/mol. The van der Waals surface area contributed by atoms with Crippen LogP contribution in [0.3, 0.4) is 0 Å². The molecule has 0 saturated carbocycles. The second kappa shape index (κ2) is 7.48. The smallest absolute Gasteiger partial charge is 0.410 e. The lowest BCUT2D eigenvalue weighted by Gasteiger charge is -2.49. The SMILES string of the molecule is CCN1CC2(CCN(C(=O)OC(C)(C)C)CC2)OC(CCCl)C1=O. The molecule has 6 nitrogen and oxygen atoms in total. The summed E-state index contributed by atoms with van der Waals surface area (Å²) in [6.07, 6.45) is 1.18. The summed E-state index contributed by atoms with van der Waals surface area (Å²) in [6.45, 7) is 9.97. The minimum atomic E-state index is -0.496. The zero-order valence-electron chi connectivity index (χ0n) is 15.1. The Morgan fingerprint density at radius 3 is 2.50 bits per heavy atom. The Morgan fingerprint density at radius 2 is 2.00 bits per heavy atom. The first kappa shape index (κ1) is 19.3. The van der Waals surface area contributed by atoms with Gasteiger partial charge in [0, 0.05) is 32.1 Å². The lowest BCUT2D eigenvalue weighted by atomic mass is 9.88. The second-order valence-corrected chi connectivity index (χ2v) is 7.96.